The molecule has 0 aliphatic carbocycles. The van der Waals surface area contributed by atoms with Gasteiger partial charge in [0.25, 0.3) is 7.82 Å². The van der Waals surface area contributed by atoms with Gasteiger partial charge in [0.15, 0.2) is 6.10 Å². The van der Waals surface area contributed by atoms with Crippen molar-refractivity contribution in [1.29, 1.82) is 0 Å². The number of quaternary nitrogens is 1. The molecule has 0 aliphatic rings. The van der Waals surface area contributed by atoms with Crippen LogP contribution in [0.4, 0.5) is 0 Å². The number of rotatable bonds is 48. The topological polar surface area (TPSA) is 111 Å². The van der Waals surface area contributed by atoms with E-state index < -0.39 is 26.5 Å². The van der Waals surface area contributed by atoms with E-state index in [0.29, 0.717) is 17.4 Å². The lowest BCUT2D eigenvalue weighted by molar-refractivity contribution is -0.870. The van der Waals surface area contributed by atoms with Crippen LogP contribution in [-0.4, -0.2) is 70.0 Å². The lowest BCUT2D eigenvalue weighted by Gasteiger charge is -2.28. The maximum atomic E-state index is 12.7. The molecule has 62 heavy (non-hydrogen) atoms. The number of hydrogen-bond acceptors (Lipinski definition) is 8. The largest absolute Gasteiger partial charge is 0.756 e. The summed E-state index contributed by atoms with van der Waals surface area (Å²) in [6.07, 6.45) is 50.7. The predicted octanol–water partition coefficient (Wildman–Crippen LogP) is 14.8. The first-order valence-electron chi connectivity index (χ1n) is 26.0. The molecule has 0 aromatic carbocycles. The SMILES string of the molecule is CCCCCC/C=C\C/C=C\CCCCCCCC(=O)OC(COC(=O)CCCCCCCCCCCCCCCCCCCCCCCC)COP(=O)([O-])OCC[N+](C)(C)C. The van der Waals surface area contributed by atoms with Gasteiger partial charge in [-0.15, -0.1) is 0 Å². The summed E-state index contributed by atoms with van der Waals surface area (Å²) >= 11 is 0. The quantitative estimate of drug-likeness (QED) is 0.0195. The van der Waals surface area contributed by atoms with E-state index in [9.17, 15) is 19.0 Å². The Morgan fingerprint density at radius 2 is 0.871 bits per heavy atom. The minimum Gasteiger partial charge on any atom is -0.756 e. The number of nitrogens with zero attached hydrogens (tertiary/aromatic N) is 1. The third-order valence-corrected chi connectivity index (χ3v) is 12.4. The Hall–Kier alpha value is -1.51. The minimum absolute atomic E-state index is 0.0316. The Morgan fingerprint density at radius 3 is 1.29 bits per heavy atom. The van der Waals surface area contributed by atoms with E-state index in [1.807, 2.05) is 21.1 Å². The Balaban J connectivity index is 4.20. The molecule has 0 rings (SSSR count). The Bertz CT molecular complexity index is 1110. The molecule has 0 bridgehead atoms. The molecule has 0 spiro atoms. The number of phosphoric ester groups is 1. The highest BCUT2D eigenvalue weighted by atomic mass is 31.2. The summed E-state index contributed by atoms with van der Waals surface area (Å²) in [7, 11) is 1.17. The number of ether oxygens (including phenoxy) is 2. The van der Waals surface area contributed by atoms with E-state index in [1.165, 1.54) is 154 Å². The van der Waals surface area contributed by atoms with Crippen molar-refractivity contribution in [1.82, 2.24) is 0 Å². The van der Waals surface area contributed by atoms with Gasteiger partial charge in [-0.25, -0.2) is 0 Å². The van der Waals surface area contributed by atoms with Crippen molar-refractivity contribution in [2.24, 2.45) is 0 Å². The maximum Gasteiger partial charge on any atom is 0.306 e. The molecule has 0 aromatic heterocycles. The molecule has 0 N–H and O–H groups in total. The summed E-state index contributed by atoms with van der Waals surface area (Å²) in [6.45, 7) is 4.24. The van der Waals surface area contributed by atoms with Gasteiger partial charge < -0.3 is 27.9 Å². The molecular weight excluding hydrogens is 798 g/mol. The molecule has 0 saturated heterocycles. The normalized spacial score (nSPS) is 13.6. The van der Waals surface area contributed by atoms with E-state index in [1.54, 1.807) is 0 Å². The lowest BCUT2D eigenvalue weighted by atomic mass is 10.0. The first-order valence-corrected chi connectivity index (χ1v) is 27.5. The smallest absolute Gasteiger partial charge is 0.306 e. The second-order valence-electron chi connectivity index (χ2n) is 18.9. The van der Waals surface area contributed by atoms with Gasteiger partial charge in [0.2, 0.25) is 0 Å². The molecule has 2 unspecified atom stereocenters. The van der Waals surface area contributed by atoms with Gasteiger partial charge in [-0.2, -0.15) is 0 Å². The average molecular weight is 898 g/mol. The molecule has 0 radical (unpaired) electrons. The number of phosphoric acid groups is 1. The van der Waals surface area contributed by atoms with Crippen LogP contribution in [0.1, 0.15) is 245 Å². The van der Waals surface area contributed by atoms with Crippen LogP contribution in [0, 0.1) is 0 Å². The highest BCUT2D eigenvalue weighted by Crippen LogP contribution is 2.38. The lowest BCUT2D eigenvalue weighted by Crippen LogP contribution is -2.37. The standard InChI is InChI=1S/C52H100NO8P/c1-6-8-10-12-14-16-18-20-22-24-25-26-27-28-29-31-32-34-36-38-40-42-44-51(54)58-48-50(49-60-62(56,57)59-47-46-53(3,4)5)61-52(55)45-43-41-39-37-35-33-30-23-21-19-17-15-13-11-9-7-2/h17,19,23,30,50H,6-16,18,20-22,24-29,31-49H2,1-5H3/b19-17-,30-23-. The first kappa shape index (κ1) is 60.5. The van der Waals surface area contributed by atoms with Gasteiger partial charge in [0, 0.05) is 12.8 Å². The fourth-order valence-electron chi connectivity index (χ4n) is 7.39. The molecular formula is C52H100NO8P. The highest BCUT2D eigenvalue weighted by molar-refractivity contribution is 7.45. The summed E-state index contributed by atoms with van der Waals surface area (Å²) in [6, 6.07) is 0. The zero-order valence-corrected chi connectivity index (χ0v) is 42.2. The molecule has 0 saturated carbocycles. The number of likely N-dealkylation sites (N-methyl/N-ethyl adjacent to an activating group) is 1. The minimum atomic E-state index is -4.63. The van der Waals surface area contributed by atoms with Crippen molar-refractivity contribution >= 4 is 19.8 Å². The summed E-state index contributed by atoms with van der Waals surface area (Å²) in [5.74, 6) is -0.838. The highest BCUT2D eigenvalue weighted by Gasteiger charge is 2.21. The molecule has 0 aliphatic heterocycles. The molecule has 9 nitrogen and oxygen atoms in total. The molecule has 2 atom stereocenters. The molecule has 0 aromatic rings. The molecule has 0 heterocycles. The van der Waals surface area contributed by atoms with Crippen LogP contribution >= 0.6 is 7.82 Å². The van der Waals surface area contributed by atoms with E-state index in [0.717, 1.165) is 57.8 Å². The van der Waals surface area contributed by atoms with Gasteiger partial charge in [-0.1, -0.05) is 212 Å². The van der Waals surface area contributed by atoms with Gasteiger partial charge >= 0.3 is 11.9 Å². The third-order valence-electron chi connectivity index (χ3n) is 11.5. The van der Waals surface area contributed by atoms with Crippen molar-refractivity contribution in [2.75, 3.05) is 47.5 Å². The third kappa shape index (κ3) is 48.0. The number of carbonyl (C=O) groups is 2. The van der Waals surface area contributed by atoms with Gasteiger partial charge in [-0.05, 0) is 44.9 Å². The van der Waals surface area contributed by atoms with Crippen molar-refractivity contribution in [3.63, 3.8) is 0 Å². The van der Waals surface area contributed by atoms with Crippen molar-refractivity contribution in [3.8, 4) is 0 Å². The fourth-order valence-corrected chi connectivity index (χ4v) is 8.12. The number of unbranched alkanes of at least 4 members (excludes halogenated alkanes) is 30. The van der Waals surface area contributed by atoms with Crippen molar-refractivity contribution in [2.45, 2.75) is 251 Å². The van der Waals surface area contributed by atoms with Crippen molar-refractivity contribution in [3.05, 3.63) is 24.3 Å². The molecule has 0 amide bonds. The number of hydrogen-bond donors (Lipinski definition) is 0. The zero-order chi connectivity index (χ0) is 45.7. The maximum absolute atomic E-state index is 12.7. The Kier molecular flexibility index (Phi) is 43.6. The van der Waals surface area contributed by atoms with Gasteiger partial charge in [0.1, 0.15) is 19.8 Å². The van der Waals surface area contributed by atoms with Crippen LogP contribution in [0.5, 0.6) is 0 Å². The fraction of sp³-hybridized carbons (Fsp3) is 0.885. The van der Waals surface area contributed by atoms with E-state index in [4.69, 9.17) is 18.5 Å². The molecule has 366 valence electrons. The van der Waals surface area contributed by atoms with Crippen LogP contribution in [0.2, 0.25) is 0 Å². The Labute approximate surface area is 383 Å². The number of esters is 2. The van der Waals surface area contributed by atoms with Crippen LogP contribution < -0.4 is 4.89 Å². The summed E-state index contributed by atoms with van der Waals surface area (Å²) in [5.41, 5.74) is 0. The Morgan fingerprint density at radius 1 is 0.500 bits per heavy atom. The van der Waals surface area contributed by atoms with E-state index >= 15 is 0 Å². The van der Waals surface area contributed by atoms with Crippen LogP contribution in [0.3, 0.4) is 0 Å². The van der Waals surface area contributed by atoms with Gasteiger partial charge in [0.05, 0.1) is 27.7 Å². The van der Waals surface area contributed by atoms with E-state index in [-0.39, 0.29) is 32.0 Å². The predicted molar refractivity (Wildman–Crippen MR) is 259 cm³/mol. The van der Waals surface area contributed by atoms with Crippen LogP contribution in [0.25, 0.3) is 0 Å². The zero-order valence-electron chi connectivity index (χ0n) is 41.3. The first-order chi connectivity index (χ1) is 30.0. The second-order valence-corrected chi connectivity index (χ2v) is 20.3. The summed E-state index contributed by atoms with van der Waals surface area (Å²) < 4.78 is 34.0. The van der Waals surface area contributed by atoms with E-state index in [2.05, 4.69) is 38.2 Å². The van der Waals surface area contributed by atoms with Gasteiger partial charge in [-0.3, -0.25) is 14.2 Å². The second kappa shape index (κ2) is 44.7. The average Bonchev–Trinajstić information content (AvgIpc) is 3.23. The summed E-state index contributed by atoms with van der Waals surface area (Å²) in [5, 5.41) is 0. The van der Waals surface area contributed by atoms with Crippen LogP contribution in [-0.2, 0) is 32.7 Å². The molecule has 0 fully saturated rings. The number of carbonyl (C=O) groups excluding carboxylic acids is 2. The summed E-state index contributed by atoms with van der Waals surface area (Å²) in [4.78, 5) is 37.7. The monoisotopic (exact) mass is 898 g/mol. The van der Waals surface area contributed by atoms with Crippen LogP contribution in [0.15, 0.2) is 24.3 Å². The molecule has 10 heteroatoms. The van der Waals surface area contributed by atoms with Crippen molar-refractivity contribution < 1.29 is 42.1 Å². The number of allylic oxidation sites excluding steroid dienone is 4.